The van der Waals surface area contributed by atoms with Gasteiger partial charge in [-0.15, -0.1) is 11.3 Å². The third-order valence-corrected chi connectivity index (χ3v) is 10.0. The third kappa shape index (κ3) is 2.48. The molecule has 0 radical (unpaired) electrons. The summed E-state index contributed by atoms with van der Waals surface area (Å²) in [6, 6.07) is 47.2. The van der Waals surface area contributed by atoms with Crippen molar-refractivity contribution in [3.05, 3.63) is 127 Å². The number of hydrogen-bond donors (Lipinski definition) is 0. The summed E-state index contributed by atoms with van der Waals surface area (Å²) in [5, 5.41) is 16.2. The molecule has 0 aliphatic rings. The van der Waals surface area contributed by atoms with Crippen LogP contribution in [0.4, 0.5) is 0 Å². The van der Waals surface area contributed by atoms with Crippen molar-refractivity contribution >= 4 is 96.4 Å². The second kappa shape index (κ2) is 7.38. The molecule has 0 saturated heterocycles. The number of aromatic nitrogens is 1. The molecule has 10 aromatic rings. The Morgan fingerprint density at radius 2 is 0.950 bits per heavy atom. The van der Waals surface area contributed by atoms with Crippen LogP contribution >= 0.6 is 11.3 Å². The lowest BCUT2D eigenvalue weighted by molar-refractivity contribution is 1.18. The summed E-state index contributed by atoms with van der Waals surface area (Å²) in [4.78, 5) is 0. The second-order valence-electron chi connectivity index (χ2n) is 10.9. The standard InChI is InChI=1S/C38H21NS/c1-2-10-22(11-3-1)39-31-18-6-4-12-25(31)37-27-16-8-14-23-24-15-9-17-28-36(24)30(29(35(23)27)20-32(37)39)21-34-38(28)26-13-5-7-19-33(26)40-34/h1-21H. The van der Waals surface area contributed by atoms with E-state index in [9.17, 15) is 0 Å². The summed E-state index contributed by atoms with van der Waals surface area (Å²) in [6.07, 6.45) is 0. The predicted octanol–water partition coefficient (Wildman–Crippen LogP) is 11.2. The van der Waals surface area contributed by atoms with Crippen LogP contribution in [0.15, 0.2) is 127 Å². The average Bonchev–Trinajstić information content (AvgIpc) is 3.55. The number of thiophene rings is 1. The van der Waals surface area contributed by atoms with Crippen molar-refractivity contribution in [2.45, 2.75) is 0 Å². The SMILES string of the molecule is c1ccc(-n2c3ccccc3c3c4cccc5c6cccc7c8c(cc(c(cc32)c54)c67)sc2ccccc28)cc1. The number of benzene rings is 8. The quantitative estimate of drug-likeness (QED) is 0.149. The van der Waals surface area contributed by atoms with Crippen LogP contribution in [0, 0.1) is 0 Å². The Hall–Kier alpha value is -4.92. The minimum atomic E-state index is 1.19. The molecule has 184 valence electrons. The van der Waals surface area contributed by atoms with Crippen LogP contribution in [0.2, 0.25) is 0 Å². The van der Waals surface area contributed by atoms with Gasteiger partial charge in [-0.3, -0.25) is 0 Å². The Balaban J connectivity index is 1.53. The molecule has 0 bridgehead atoms. The summed E-state index contributed by atoms with van der Waals surface area (Å²) in [5.74, 6) is 0. The molecule has 1 nitrogen and oxygen atoms in total. The molecule has 2 heteroatoms. The first-order valence-corrected chi connectivity index (χ1v) is 14.6. The third-order valence-electron chi connectivity index (χ3n) is 8.89. The maximum absolute atomic E-state index is 2.47. The Morgan fingerprint density at radius 3 is 1.75 bits per heavy atom. The first kappa shape index (κ1) is 21.0. The fourth-order valence-electron chi connectivity index (χ4n) is 7.37. The molecule has 10 rings (SSSR count). The molecule has 0 atom stereocenters. The molecule has 0 spiro atoms. The van der Waals surface area contributed by atoms with Crippen molar-refractivity contribution < 1.29 is 0 Å². The summed E-state index contributed by atoms with van der Waals surface area (Å²) < 4.78 is 5.16. The van der Waals surface area contributed by atoms with Gasteiger partial charge < -0.3 is 4.57 Å². The topological polar surface area (TPSA) is 4.93 Å². The van der Waals surface area contributed by atoms with Gasteiger partial charge in [-0.05, 0) is 79.5 Å². The summed E-state index contributed by atoms with van der Waals surface area (Å²) in [7, 11) is 0. The minimum Gasteiger partial charge on any atom is -0.309 e. The van der Waals surface area contributed by atoms with Crippen molar-refractivity contribution in [3.63, 3.8) is 0 Å². The van der Waals surface area contributed by atoms with Crippen molar-refractivity contribution in [1.29, 1.82) is 0 Å². The lowest BCUT2D eigenvalue weighted by Crippen LogP contribution is -1.94. The van der Waals surface area contributed by atoms with E-state index in [0.29, 0.717) is 0 Å². The van der Waals surface area contributed by atoms with E-state index >= 15 is 0 Å². The molecule has 2 heterocycles. The van der Waals surface area contributed by atoms with Gasteiger partial charge in [0.05, 0.1) is 11.0 Å². The Kier molecular flexibility index (Phi) is 3.87. The first-order chi connectivity index (χ1) is 19.9. The number of hydrogen-bond acceptors (Lipinski definition) is 1. The fourth-order valence-corrected chi connectivity index (χ4v) is 8.53. The summed E-state index contributed by atoms with van der Waals surface area (Å²) >= 11 is 1.91. The van der Waals surface area contributed by atoms with E-state index in [2.05, 4.69) is 132 Å². The highest BCUT2D eigenvalue weighted by atomic mass is 32.1. The monoisotopic (exact) mass is 523 g/mol. The zero-order chi connectivity index (χ0) is 25.9. The number of nitrogens with zero attached hydrogens (tertiary/aromatic N) is 1. The van der Waals surface area contributed by atoms with Gasteiger partial charge in [-0.25, -0.2) is 0 Å². The molecule has 8 aromatic carbocycles. The van der Waals surface area contributed by atoms with E-state index in [1.54, 1.807) is 0 Å². The molecule has 0 unspecified atom stereocenters. The molecule has 0 aliphatic heterocycles. The highest BCUT2D eigenvalue weighted by molar-refractivity contribution is 7.26. The Labute approximate surface area is 233 Å². The maximum Gasteiger partial charge on any atom is 0.0553 e. The zero-order valence-corrected chi connectivity index (χ0v) is 22.3. The van der Waals surface area contributed by atoms with Crippen LogP contribution in [0.3, 0.4) is 0 Å². The molecule has 0 aliphatic carbocycles. The van der Waals surface area contributed by atoms with E-state index in [1.807, 2.05) is 11.3 Å². The normalized spacial score (nSPS) is 12.5. The van der Waals surface area contributed by atoms with Crippen molar-refractivity contribution in [3.8, 4) is 5.69 Å². The van der Waals surface area contributed by atoms with E-state index < -0.39 is 0 Å². The van der Waals surface area contributed by atoms with Gasteiger partial charge in [-0.1, -0.05) is 91.0 Å². The zero-order valence-electron chi connectivity index (χ0n) is 21.5. The number of rotatable bonds is 1. The second-order valence-corrected chi connectivity index (χ2v) is 11.9. The number of para-hydroxylation sites is 2. The molecule has 0 fully saturated rings. The smallest absolute Gasteiger partial charge is 0.0553 e. The maximum atomic E-state index is 2.47. The summed E-state index contributed by atoms with van der Waals surface area (Å²) in [5.41, 5.74) is 3.70. The molecule has 40 heavy (non-hydrogen) atoms. The van der Waals surface area contributed by atoms with Gasteiger partial charge in [0, 0.05) is 36.6 Å². The molecule has 2 aromatic heterocycles. The molecular weight excluding hydrogens is 502 g/mol. The lowest BCUT2D eigenvalue weighted by atomic mass is 9.87. The van der Waals surface area contributed by atoms with Crippen molar-refractivity contribution in [1.82, 2.24) is 4.57 Å². The fraction of sp³-hybridized carbons (Fsp3) is 0. The van der Waals surface area contributed by atoms with E-state index in [4.69, 9.17) is 0 Å². The Bertz CT molecular complexity index is 2640. The molecule has 0 saturated carbocycles. The highest BCUT2D eigenvalue weighted by Gasteiger charge is 2.21. The first-order valence-electron chi connectivity index (χ1n) is 13.8. The van der Waals surface area contributed by atoms with E-state index in [-0.39, 0.29) is 0 Å². The van der Waals surface area contributed by atoms with Gasteiger partial charge in [0.15, 0.2) is 0 Å². The van der Waals surface area contributed by atoms with Gasteiger partial charge in [0.1, 0.15) is 0 Å². The van der Waals surface area contributed by atoms with Crippen LogP contribution in [-0.2, 0) is 0 Å². The van der Waals surface area contributed by atoms with Crippen LogP contribution in [0.1, 0.15) is 0 Å². The molecular formula is C38H21NS. The summed E-state index contributed by atoms with van der Waals surface area (Å²) in [6.45, 7) is 0. The largest absolute Gasteiger partial charge is 0.309 e. The van der Waals surface area contributed by atoms with Crippen molar-refractivity contribution in [2.75, 3.05) is 0 Å². The van der Waals surface area contributed by atoms with Crippen LogP contribution in [0.25, 0.3) is 90.8 Å². The van der Waals surface area contributed by atoms with Gasteiger partial charge in [0.25, 0.3) is 0 Å². The average molecular weight is 524 g/mol. The molecule has 0 amide bonds. The minimum absolute atomic E-state index is 1.19. The van der Waals surface area contributed by atoms with E-state index in [0.717, 1.165) is 0 Å². The van der Waals surface area contributed by atoms with Gasteiger partial charge >= 0.3 is 0 Å². The Morgan fingerprint density at radius 1 is 0.350 bits per heavy atom. The van der Waals surface area contributed by atoms with Crippen LogP contribution in [-0.4, -0.2) is 4.57 Å². The highest BCUT2D eigenvalue weighted by Crippen LogP contribution is 2.49. The van der Waals surface area contributed by atoms with Crippen LogP contribution < -0.4 is 0 Å². The van der Waals surface area contributed by atoms with Gasteiger partial charge in [-0.2, -0.15) is 0 Å². The van der Waals surface area contributed by atoms with E-state index in [1.165, 1.54) is 90.8 Å². The predicted molar refractivity (Wildman–Crippen MR) is 175 cm³/mol. The lowest BCUT2D eigenvalue weighted by Gasteiger charge is -2.16. The number of fused-ring (bicyclic) bond motifs is 10. The van der Waals surface area contributed by atoms with Crippen molar-refractivity contribution in [2.24, 2.45) is 0 Å². The molecule has 0 N–H and O–H groups in total. The van der Waals surface area contributed by atoms with Gasteiger partial charge in [0.2, 0.25) is 0 Å². The van der Waals surface area contributed by atoms with Crippen LogP contribution in [0.5, 0.6) is 0 Å².